The van der Waals surface area contributed by atoms with Crippen LogP contribution in [0.3, 0.4) is 0 Å². The van der Waals surface area contributed by atoms with Crippen molar-refractivity contribution in [1.82, 2.24) is 24.9 Å². The van der Waals surface area contributed by atoms with Crippen LogP contribution >= 0.6 is 0 Å². The number of piperidine rings is 1. The minimum Gasteiger partial charge on any atom is -0.337 e. The summed E-state index contributed by atoms with van der Waals surface area (Å²) in [5.74, 6) is -0.588. The fourth-order valence-electron chi connectivity index (χ4n) is 3.98. The van der Waals surface area contributed by atoms with E-state index >= 15 is 0 Å². The number of benzene rings is 1. The fourth-order valence-corrected chi connectivity index (χ4v) is 3.98. The van der Waals surface area contributed by atoms with Gasteiger partial charge in [-0.3, -0.25) is 14.3 Å². The molecule has 0 aliphatic carbocycles. The average molecular weight is 399 g/mol. The van der Waals surface area contributed by atoms with Crippen molar-refractivity contribution in [3.8, 4) is 0 Å². The molecule has 2 aliphatic rings. The molecule has 0 bridgehead atoms. The van der Waals surface area contributed by atoms with Gasteiger partial charge in [-0.15, -0.1) is 0 Å². The van der Waals surface area contributed by atoms with Crippen molar-refractivity contribution in [3.63, 3.8) is 0 Å². The van der Waals surface area contributed by atoms with Gasteiger partial charge >= 0.3 is 0 Å². The quantitative estimate of drug-likeness (QED) is 0.856. The number of hydrogen-bond acceptors (Lipinski definition) is 4. The number of halogens is 1. The van der Waals surface area contributed by atoms with Gasteiger partial charge in [-0.1, -0.05) is 0 Å². The largest absolute Gasteiger partial charge is 0.337 e. The summed E-state index contributed by atoms with van der Waals surface area (Å²) in [5.41, 5.74) is 0.917. The number of carbonyl (C=O) groups excluding carboxylic acids is 2. The van der Waals surface area contributed by atoms with Gasteiger partial charge in [0.05, 0.1) is 6.04 Å². The third kappa shape index (κ3) is 4.48. The number of hydrogen-bond donors (Lipinski definition) is 1. The minimum atomic E-state index is -0.363. The zero-order valence-corrected chi connectivity index (χ0v) is 16.4. The molecule has 0 saturated carbocycles. The summed E-state index contributed by atoms with van der Waals surface area (Å²) in [6.07, 6.45) is 4.75. The smallest absolute Gasteiger partial charge is 0.274 e. The molecule has 1 aromatic heterocycles. The van der Waals surface area contributed by atoms with E-state index in [-0.39, 0.29) is 17.6 Å². The molecule has 4 rings (SSSR count). The average Bonchev–Trinajstić information content (AvgIpc) is 3.12. The van der Waals surface area contributed by atoms with Crippen LogP contribution in [0.15, 0.2) is 36.5 Å². The van der Waals surface area contributed by atoms with E-state index in [0.717, 1.165) is 25.9 Å². The second kappa shape index (κ2) is 8.73. The normalized spacial score (nSPS) is 20.4. The minimum absolute atomic E-state index is 0.0939. The van der Waals surface area contributed by atoms with E-state index in [0.29, 0.717) is 49.9 Å². The molecule has 1 aromatic carbocycles. The van der Waals surface area contributed by atoms with Crippen molar-refractivity contribution in [2.45, 2.75) is 25.3 Å². The van der Waals surface area contributed by atoms with Crippen molar-refractivity contribution >= 4 is 11.8 Å². The predicted molar refractivity (Wildman–Crippen MR) is 106 cm³/mol. The first kappa shape index (κ1) is 19.6. The molecule has 8 heteroatoms. The van der Waals surface area contributed by atoms with Crippen LogP contribution in [0.4, 0.5) is 4.39 Å². The SMILES string of the molecule is O=C(c1ccc(F)cc1)N1CCCN(C(=O)c2ccn(C3CCCNC3)n2)CC1. The van der Waals surface area contributed by atoms with Gasteiger partial charge in [0, 0.05) is 44.5 Å². The Bertz CT molecular complexity index is 860. The first-order valence-electron chi connectivity index (χ1n) is 10.2. The molecule has 154 valence electrons. The number of rotatable bonds is 3. The van der Waals surface area contributed by atoms with E-state index in [2.05, 4.69) is 10.4 Å². The second-order valence-electron chi connectivity index (χ2n) is 7.63. The molecule has 7 nitrogen and oxygen atoms in total. The Kier molecular flexibility index (Phi) is 5.89. The van der Waals surface area contributed by atoms with Crippen LogP contribution in [0, 0.1) is 5.82 Å². The monoisotopic (exact) mass is 399 g/mol. The predicted octanol–water partition coefficient (Wildman–Crippen LogP) is 1.94. The molecule has 0 spiro atoms. The van der Waals surface area contributed by atoms with E-state index in [9.17, 15) is 14.0 Å². The molecule has 1 unspecified atom stereocenters. The standard InChI is InChI=1S/C21H26FN5O2/c22-17-6-4-16(5-7-17)20(28)25-10-2-11-26(14-13-25)21(29)19-8-12-27(24-19)18-3-1-9-23-15-18/h4-8,12,18,23H,1-3,9-11,13-15H2. The van der Waals surface area contributed by atoms with E-state index in [1.165, 1.54) is 24.3 Å². The Morgan fingerprint density at radius 2 is 1.69 bits per heavy atom. The topological polar surface area (TPSA) is 70.5 Å². The van der Waals surface area contributed by atoms with E-state index in [1.807, 2.05) is 10.9 Å². The zero-order chi connectivity index (χ0) is 20.2. The van der Waals surface area contributed by atoms with Gasteiger partial charge in [-0.05, 0) is 56.1 Å². The molecule has 2 amide bonds. The Morgan fingerprint density at radius 3 is 2.38 bits per heavy atom. The lowest BCUT2D eigenvalue weighted by Gasteiger charge is -2.23. The summed E-state index contributed by atoms with van der Waals surface area (Å²) in [6.45, 7) is 3.98. The molecule has 2 aromatic rings. The maximum Gasteiger partial charge on any atom is 0.274 e. The fraction of sp³-hybridized carbons (Fsp3) is 0.476. The molecule has 1 N–H and O–H groups in total. The first-order chi connectivity index (χ1) is 14.1. The summed E-state index contributed by atoms with van der Waals surface area (Å²) < 4.78 is 15.0. The van der Waals surface area contributed by atoms with E-state index in [1.54, 1.807) is 15.9 Å². The molecule has 1 atom stereocenters. The summed E-state index contributed by atoms with van der Waals surface area (Å²) >= 11 is 0. The van der Waals surface area contributed by atoms with Crippen LogP contribution in [0.2, 0.25) is 0 Å². The second-order valence-corrected chi connectivity index (χ2v) is 7.63. The number of nitrogens with one attached hydrogen (secondary N) is 1. The maximum atomic E-state index is 13.1. The summed E-state index contributed by atoms with van der Waals surface area (Å²) in [7, 11) is 0. The third-order valence-corrected chi connectivity index (χ3v) is 5.63. The van der Waals surface area contributed by atoms with Gasteiger partial charge in [0.1, 0.15) is 11.5 Å². The van der Waals surface area contributed by atoms with Gasteiger partial charge in [-0.2, -0.15) is 5.10 Å². The zero-order valence-electron chi connectivity index (χ0n) is 16.4. The van der Waals surface area contributed by atoms with Crippen LogP contribution in [0.25, 0.3) is 0 Å². The number of carbonyl (C=O) groups is 2. The van der Waals surface area contributed by atoms with Gasteiger partial charge in [0.25, 0.3) is 11.8 Å². The molecule has 29 heavy (non-hydrogen) atoms. The van der Waals surface area contributed by atoms with Crippen molar-refractivity contribution in [1.29, 1.82) is 0 Å². The van der Waals surface area contributed by atoms with Crippen LogP contribution in [-0.2, 0) is 0 Å². The molecule has 2 saturated heterocycles. The Hall–Kier alpha value is -2.74. The number of nitrogens with zero attached hydrogens (tertiary/aromatic N) is 4. The van der Waals surface area contributed by atoms with E-state index < -0.39 is 0 Å². The third-order valence-electron chi connectivity index (χ3n) is 5.63. The van der Waals surface area contributed by atoms with Crippen molar-refractivity contribution in [2.75, 3.05) is 39.3 Å². The van der Waals surface area contributed by atoms with Gasteiger partial charge < -0.3 is 15.1 Å². The highest BCUT2D eigenvalue weighted by atomic mass is 19.1. The first-order valence-corrected chi connectivity index (χ1v) is 10.2. The van der Waals surface area contributed by atoms with Gasteiger partial charge in [0.2, 0.25) is 0 Å². The molecular formula is C21H26FN5O2. The number of aromatic nitrogens is 2. The Balaban J connectivity index is 1.38. The van der Waals surface area contributed by atoms with E-state index in [4.69, 9.17) is 0 Å². The van der Waals surface area contributed by atoms with Crippen molar-refractivity contribution in [3.05, 3.63) is 53.6 Å². The van der Waals surface area contributed by atoms with Crippen LogP contribution in [0.5, 0.6) is 0 Å². The van der Waals surface area contributed by atoms with Crippen LogP contribution in [0.1, 0.15) is 46.2 Å². The van der Waals surface area contributed by atoms with Gasteiger partial charge in [-0.25, -0.2) is 4.39 Å². The highest BCUT2D eigenvalue weighted by Crippen LogP contribution is 2.17. The number of amides is 2. The summed E-state index contributed by atoms with van der Waals surface area (Å²) in [4.78, 5) is 29.1. The molecule has 2 aliphatic heterocycles. The lowest BCUT2D eigenvalue weighted by molar-refractivity contribution is 0.0715. The Labute approximate surface area is 169 Å². The van der Waals surface area contributed by atoms with Crippen LogP contribution < -0.4 is 5.32 Å². The molecule has 3 heterocycles. The maximum absolute atomic E-state index is 13.1. The lowest BCUT2D eigenvalue weighted by Crippen LogP contribution is -2.37. The molecule has 0 radical (unpaired) electrons. The van der Waals surface area contributed by atoms with Crippen molar-refractivity contribution < 1.29 is 14.0 Å². The van der Waals surface area contributed by atoms with Crippen molar-refractivity contribution in [2.24, 2.45) is 0 Å². The molecular weight excluding hydrogens is 373 g/mol. The highest BCUT2D eigenvalue weighted by molar-refractivity contribution is 5.94. The Morgan fingerprint density at radius 1 is 0.966 bits per heavy atom. The highest BCUT2D eigenvalue weighted by Gasteiger charge is 2.25. The lowest BCUT2D eigenvalue weighted by atomic mass is 10.1. The van der Waals surface area contributed by atoms with Crippen LogP contribution in [-0.4, -0.2) is 70.7 Å². The summed E-state index contributed by atoms with van der Waals surface area (Å²) in [5, 5.41) is 7.88. The summed E-state index contributed by atoms with van der Waals surface area (Å²) in [6, 6.07) is 7.65. The van der Waals surface area contributed by atoms with Gasteiger partial charge in [0.15, 0.2) is 0 Å². The molecule has 2 fully saturated rings.